The largest absolute Gasteiger partial charge is 0.322 e. The standard InChI is InChI=1S/C12H12Cl2N2S/c1-7-16-12(6-17-7)11(15)4-8-2-3-9(13)5-10(8)14/h2-3,5-6,11H,4,15H2,1H3. The minimum absolute atomic E-state index is 0.126. The molecular weight excluding hydrogens is 275 g/mol. The summed E-state index contributed by atoms with van der Waals surface area (Å²) < 4.78 is 0. The highest BCUT2D eigenvalue weighted by Crippen LogP contribution is 2.25. The van der Waals surface area contributed by atoms with Gasteiger partial charge in [0.05, 0.1) is 16.7 Å². The summed E-state index contributed by atoms with van der Waals surface area (Å²) in [7, 11) is 0. The van der Waals surface area contributed by atoms with Crippen LogP contribution >= 0.6 is 34.5 Å². The Bertz CT molecular complexity index is 525. The molecule has 5 heteroatoms. The lowest BCUT2D eigenvalue weighted by Gasteiger charge is -2.10. The van der Waals surface area contributed by atoms with Gasteiger partial charge in [-0.3, -0.25) is 0 Å². The average Bonchev–Trinajstić information content (AvgIpc) is 2.69. The smallest absolute Gasteiger partial charge is 0.0898 e. The second-order valence-electron chi connectivity index (χ2n) is 3.84. The van der Waals surface area contributed by atoms with Crippen molar-refractivity contribution in [3.05, 3.63) is 49.9 Å². The van der Waals surface area contributed by atoms with Gasteiger partial charge < -0.3 is 5.73 Å². The Morgan fingerprint density at radius 3 is 2.76 bits per heavy atom. The van der Waals surface area contributed by atoms with Crippen LogP contribution in [0.3, 0.4) is 0 Å². The van der Waals surface area contributed by atoms with Crippen molar-refractivity contribution < 1.29 is 0 Å². The second-order valence-corrected chi connectivity index (χ2v) is 5.74. The molecule has 2 aromatic rings. The molecule has 1 atom stereocenters. The van der Waals surface area contributed by atoms with E-state index >= 15 is 0 Å². The van der Waals surface area contributed by atoms with E-state index < -0.39 is 0 Å². The Balaban J connectivity index is 2.15. The first kappa shape index (κ1) is 12.8. The Labute approximate surface area is 114 Å². The fourth-order valence-corrected chi connectivity index (χ4v) is 2.74. The minimum Gasteiger partial charge on any atom is -0.322 e. The molecule has 0 aliphatic rings. The Kier molecular flexibility index (Phi) is 4.05. The molecule has 17 heavy (non-hydrogen) atoms. The molecule has 2 nitrogen and oxygen atoms in total. The number of nitrogens with zero attached hydrogens (tertiary/aromatic N) is 1. The van der Waals surface area contributed by atoms with Gasteiger partial charge in [-0.1, -0.05) is 29.3 Å². The number of nitrogens with two attached hydrogens (primary N) is 1. The third-order valence-electron chi connectivity index (χ3n) is 2.47. The highest BCUT2D eigenvalue weighted by molar-refractivity contribution is 7.09. The van der Waals surface area contributed by atoms with E-state index in [4.69, 9.17) is 28.9 Å². The van der Waals surface area contributed by atoms with Gasteiger partial charge in [0.1, 0.15) is 0 Å². The van der Waals surface area contributed by atoms with Gasteiger partial charge in [-0.2, -0.15) is 0 Å². The molecular formula is C12H12Cl2N2S. The summed E-state index contributed by atoms with van der Waals surface area (Å²) in [4.78, 5) is 4.38. The van der Waals surface area contributed by atoms with Gasteiger partial charge in [0.25, 0.3) is 0 Å². The number of hydrogen-bond acceptors (Lipinski definition) is 3. The summed E-state index contributed by atoms with van der Waals surface area (Å²) in [6.07, 6.45) is 0.666. The Morgan fingerprint density at radius 1 is 1.41 bits per heavy atom. The van der Waals surface area contributed by atoms with Crippen LogP contribution in [0.1, 0.15) is 22.3 Å². The van der Waals surface area contributed by atoms with Gasteiger partial charge in [0.15, 0.2) is 0 Å². The molecule has 0 spiro atoms. The molecule has 0 bridgehead atoms. The lowest BCUT2D eigenvalue weighted by molar-refractivity contribution is 0.700. The van der Waals surface area contributed by atoms with Crippen molar-refractivity contribution >= 4 is 34.5 Å². The van der Waals surface area contributed by atoms with Crippen LogP contribution in [-0.4, -0.2) is 4.98 Å². The predicted octanol–water partition coefficient (Wildman–Crippen LogP) is 4.00. The maximum absolute atomic E-state index is 6.11. The van der Waals surface area contributed by atoms with E-state index in [-0.39, 0.29) is 6.04 Å². The third-order valence-corrected chi connectivity index (χ3v) is 3.85. The molecule has 0 saturated carbocycles. The molecule has 2 rings (SSSR count). The molecule has 0 aliphatic heterocycles. The quantitative estimate of drug-likeness (QED) is 0.926. The van der Waals surface area contributed by atoms with Crippen LogP contribution in [0.15, 0.2) is 23.6 Å². The van der Waals surface area contributed by atoms with Crippen molar-refractivity contribution in [2.75, 3.05) is 0 Å². The summed E-state index contributed by atoms with van der Waals surface area (Å²) in [5.74, 6) is 0. The van der Waals surface area contributed by atoms with Gasteiger partial charge >= 0.3 is 0 Å². The van der Waals surface area contributed by atoms with Crippen molar-refractivity contribution in [2.24, 2.45) is 5.73 Å². The second kappa shape index (κ2) is 5.36. The van der Waals surface area contributed by atoms with E-state index in [9.17, 15) is 0 Å². The molecule has 1 heterocycles. The van der Waals surface area contributed by atoms with Crippen LogP contribution in [0.2, 0.25) is 10.0 Å². The summed E-state index contributed by atoms with van der Waals surface area (Å²) in [6, 6.07) is 5.34. The summed E-state index contributed by atoms with van der Waals surface area (Å²) in [5.41, 5.74) is 8.01. The molecule has 0 aliphatic carbocycles. The molecule has 0 fully saturated rings. The number of aromatic nitrogens is 1. The van der Waals surface area contributed by atoms with Crippen LogP contribution in [0.5, 0.6) is 0 Å². The van der Waals surface area contributed by atoms with Crippen LogP contribution in [0.25, 0.3) is 0 Å². The topological polar surface area (TPSA) is 38.9 Å². The first-order valence-electron chi connectivity index (χ1n) is 5.18. The fourth-order valence-electron chi connectivity index (χ4n) is 1.58. The third kappa shape index (κ3) is 3.19. The maximum atomic E-state index is 6.11. The van der Waals surface area contributed by atoms with Crippen LogP contribution in [0.4, 0.5) is 0 Å². The molecule has 1 unspecified atom stereocenters. The molecule has 0 amide bonds. The lowest BCUT2D eigenvalue weighted by Crippen LogP contribution is -2.14. The molecule has 0 saturated heterocycles. The first-order valence-corrected chi connectivity index (χ1v) is 6.81. The number of benzene rings is 1. The van der Waals surface area contributed by atoms with Gasteiger partial charge in [-0.25, -0.2) is 4.98 Å². The van der Waals surface area contributed by atoms with Crippen molar-refractivity contribution in [1.29, 1.82) is 0 Å². The maximum Gasteiger partial charge on any atom is 0.0898 e. The summed E-state index contributed by atoms with van der Waals surface area (Å²) in [5, 5.41) is 4.30. The van der Waals surface area contributed by atoms with E-state index in [1.165, 1.54) is 0 Å². The van der Waals surface area contributed by atoms with Crippen molar-refractivity contribution in [2.45, 2.75) is 19.4 Å². The number of thiazole rings is 1. The summed E-state index contributed by atoms with van der Waals surface area (Å²) in [6.45, 7) is 1.97. The fraction of sp³-hybridized carbons (Fsp3) is 0.250. The molecule has 1 aromatic heterocycles. The molecule has 90 valence electrons. The predicted molar refractivity (Wildman–Crippen MR) is 73.9 cm³/mol. The zero-order valence-electron chi connectivity index (χ0n) is 9.28. The van der Waals surface area contributed by atoms with Gasteiger partial charge in [0.2, 0.25) is 0 Å². The van der Waals surface area contributed by atoms with E-state index in [2.05, 4.69) is 4.98 Å². The SMILES string of the molecule is Cc1nc(C(N)Cc2ccc(Cl)cc2Cl)cs1. The Hall–Kier alpha value is -0.610. The van der Waals surface area contributed by atoms with E-state index in [0.717, 1.165) is 16.3 Å². The average molecular weight is 287 g/mol. The monoisotopic (exact) mass is 286 g/mol. The van der Waals surface area contributed by atoms with Gasteiger partial charge in [0, 0.05) is 15.4 Å². The van der Waals surface area contributed by atoms with E-state index in [1.807, 2.05) is 24.4 Å². The van der Waals surface area contributed by atoms with Gasteiger partial charge in [-0.15, -0.1) is 11.3 Å². The normalized spacial score (nSPS) is 12.7. The Morgan fingerprint density at radius 2 is 2.18 bits per heavy atom. The molecule has 1 aromatic carbocycles. The van der Waals surface area contributed by atoms with Crippen LogP contribution < -0.4 is 5.73 Å². The van der Waals surface area contributed by atoms with E-state index in [0.29, 0.717) is 16.5 Å². The van der Waals surface area contributed by atoms with E-state index in [1.54, 1.807) is 17.4 Å². The van der Waals surface area contributed by atoms with Crippen molar-refractivity contribution in [3.8, 4) is 0 Å². The highest BCUT2D eigenvalue weighted by atomic mass is 35.5. The summed E-state index contributed by atoms with van der Waals surface area (Å²) >= 11 is 13.6. The highest BCUT2D eigenvalue weighted by Gasteiger charge is 2.12. The zero-order valence-corrected chi connectivity index (χ0v) is 11.6. The minimum atomic E-state index is -0.126. The first-order chi connectivity index (χ1) is 8.06. The zero-order chi connectivity index (χ0) is 12.4. The van der Waals surface area contributed by atoms with Crippen LogP contribution in [-0.2, 0) is 6.42 Å². The number of rotatable bonds is 3. The number of hydrogen-bond donors (Lipinski definition) is 1. The molecule has 0 radical (unpaired) electrons. The number of aryl methyl sites for hydroxylation is 1. The van der Waals surface area contributed by atoms with Crippen LogP contribution in [0, 0.1) is 6.92 Å². The van der Waals surface area contributed by atoms with Crippen molar-refractivity contribution in [1.82, 2.24) is 4.98 Å². The lowest BCUT2D eigenvalue weighted by atomic mass is 10.0. The molecule has 2 N–H and O–H groups in total. The van der Waals surface area contributed by atoms with Crippen molar-refractivity contribution in [3.63, 3.8) is 0 Å². The van der Waals surface area contributed by atoms with Gasteiger partial charge in [-0.05, 0) is 31.0 Å². The number of halogens is 2.